The molecule has 0 spiro atoms. The highest BCUT2D eigenvalue weighted by Crippen LogP contribution is 2.27. The second-order valence-corrected chi connectivity index (χ2v) is 20.9. The van der Waals surface area contributed by atoms with Gasteiger partial charge in [-0.15, -0.1) is 0 Å². The van der Waals surface area contributed by atoms with Crippen molar-refractivity contribution >= 4 is 46.7 Å². The van der Waals surface area contributed by atoms with E-state index in [1.807, 2.05) is 180 Å². The van der Waals surface area contributed by atoms with Crippen LogP contribution in [0.3, 0.4) is 0 Å². The zero-order valence-electron chi connectivity index (χ0n) is 45.1. The lowest BCUT2D eigenvalue weighted by Gasteiger charge is -2.30. The molecule has 4 rings (SSSR count). The van der Waals surface area contributed by atoms with Gasteiger partial charge in [-0.05, 0) is 140 Å². The van der Waals surface area contributed by atoms with Crippen LogP contribution in [0.1, 0.15) is 140 Å². The van der Waals surface area contributed by atoms with Gasteiger partial charge in [0.05, 0.1) is 47.6 Å². The van der Waals surface area contributed by atoms with Gasteiger partial charge in [0.2, 0.25) is 0 Å². The van der Waals surface area contributed by atoms with Crippen LogP contribution >= 0.6 is 0 Å². The standard InChI is InChI=1S/C60H78N4O9/c1-39(2)43-23-27-47(28-24-43)57(9,10)63-55(67)71-37-51(31-33-69-53(65)61-59(13,14)49-21-17-19-45(35-49)41(5)6)73-52(38-72-56(68)64-58(11,12)48-29-25-44(26-30-48)40(3)4)32-34-70-54(66)62-60(15,16)50-22-18-20-46(36-50)42(7)8/h17-30,35-36,51-52H,1,3,5,7,31-34,37-38H2,2,4,6,8-16H3,(H,61,65)(H,62,66)(H,63,67)(H,64,68). The van der Waals surface area contributed by atoms with Crippen molar-refractivity contribution in [3.8, 4) is 0 Å². The Kier molecular flexibility index (Phi) is 20.4. The van der Waals surface area contributed by atoms with Gasteiger partial charge in [-0.3, -0.25) is 0 Å². The van der Waals surface area contributed by atoms with Crippen LogP contribution in [0.5, 0.6) is 0 Å². The molecule has 0 radical (unpaired) electrons. The first kappa shape index (κ1) is 58.5. The maximum atomic E-state index is 13.5. The SMILES string of the molecule is C=C(C)c1ccc(C(C)(C)NC(=O)OCC(CCOC(=O)NC(C)(C)c2cccc(C(=C)C)c2)OC(CCOC(=O)NC(C)(C)c2cccc(C(=C)C)c2)COC(=O)NC(C)(C)c2ccc(C(=C)C)cc2)cc1. The molecular weight excluding hydrogens is 921 g/mol. The molecule has 4 aromatic rings. The Morgan fingerprint density at radius 3 is 1.00 bits per heavy atom. The van der Waals surface area contributed by atoms with Crippen LogP contribution in [0.25, 0.3) is 22.3 Å². The third kappa shape index (κ3) is 18.2. The summed E-state index contributed by atoms with van der Waals surface area (Å²) >= 11 is 0. The average molecular weight is 999 g/mol. The number of rotatable bonds is 24. The molecule has 4 N–H and O–H groups in total. The van der Waals surface area contributed by atoms with Crippen molar-refractivity contribution in [2.45, 2.75) is 130 Å². The number of hydrogen-bond donors (Lipinski definition) is 4. The maximum absolute atomic E-state index is 13.5. The first-order valence-corrected chi connectivity index (χ1v) is 24.6. The number of allylic oxidation sites excluding steroid dienone is 4. The van der Waals surface area contributed by atoms with Crippen molar-refractivity contribution in [3.05, 3.63) is 168 Å². The lowest BCUT2D eigenvalue weighted by Crippen LogP contribution is -2.44. The van der Waals surface area contributed by atoms with E-state index in [1.54, 1.807) is 0 Å². The van der Waals surface area contributed by atoms with Crippen molar-refractivity contribution < 1.29 is 42.9 Å². The van der Waals surface area contributed by atoms with Crippen LogP contribution in [0, 0.1) is 0 Å². The number of alkyl carbamates (subject to hydrolysis) is 4. The molecule has 0 saturated carbocycles. The van der Waals surface area contributed by atoms with Crippen LogP contribution in [-0.4, -0.2) is 63.0 Å². The fraction of sp³-hybridized carbons (Fsp3) is 0.400. The smallest absolute Gasteiger partial charge is 0.407 e. The van der Waals surface area contributed by atoms with Gasteiger partial charge in [-0.1, -0.05) is 134 Å². The number of amides is 4. The van der Waals surface area contributed by atoms with E-state index < -0.39 is 58.7 Å². The summed E-state index contributed by atoms with van der Waals surface area (Å²) in [5, 5.41) is 11.7. The minimum absolute atomic E-state index is 0.0622. The molecule has 0 aromatic heterocycles. The topological polar surface area (TPSA) is 163 Å². The third-order valence-electron chi connectivity index (χ3n) is 12.5. The second-order valence-electron chi connectivity index (χ2n) is 20.9. The lowest BCUT2D eigenvalue weighted by molar-refractivity contribution is -0.0795. The Balaban J connectivity index is 1.54. The fourth-order valence-corrected chi connectivity index (χ4v) is 7.70. The summed E-state index contributed by atoms with van der Waals surface area (Å²) in [6, 6.07) is 30.9. The van der Waals surface area contributed by atoms with Crippen LogP contribution < -0.4 is 21.3 Å². The highest BCUT2D eigenvalue weighted by Gasteiger charge is 2.30. The van der Waals surface area contributed by atoms with Crippen molar-refractivity contribution in [2.75, 3.05) is 26.4 Å². The van der Waals surface area contributed by atoms with Crippen LogP contribution in [0.4, 0.5) is 19.2 Å². The van der Waals surface area contributed by atoms with Gasteiger partial charge >= 0.3 is 24.4 Å². The van der Waals surface area contributed by atoms with E-state index in [0.29, 0.717) is 0 Å². The zero-order valence-corrected chi connectivity index (χ0v) is 45.1. The van der Waals surface area contributed by atoms with Gasteiger partial charge in [0, 0.05) is 12.8 Å². The lowest BCUT2D eigenvalue weighted by atomic mass is 9.92. The molecule has 0 aliphatic carbocycles. The molecule has 0 aliphatic rings. The molecule has 13 heteroatoms. The van der Waals surface area contributed by atoms with E-state index in [4.69, 9.17) is 23.7 Å². The maximum Gasteiger partial charge on any atom is 0.407 e. The van der Waals surface area contributed by atoms with Crippen LogP contribution in [-0.2, 0) is 45.8 Å². The van der Waals surface area contributed by atoms with Gasteiger partial charge in [-0.2, -0.15) is 0 Å². The molecule has 2 atom stereocenters. The Hall–Kier alpha value is -7.12. The monoisotopic (exact) mass is 999 g/mol. The number of ether oxygens (including phenoxy) is 5. The molecule has 13 nitrogen and oxygen atoms in total. The number of nitrogens with one attached hydrogen (secondary N) is 4. The van der Waals surface area contributed by atoms with Gasteiger partial charge in [0.15, 0.2) is 0 Å². The van der Waals surface area contributed by atoms with Gasteiger partial charge in [0.1, 0.15) is 13.2 Å². The van der Waals surface area contributed by atoms with E-state index in [-0.39, 0.29) is 39.3 Å². The summed E-state index contributed by atoms with van der Waals surface area (Å²) in [4.78, 5) is 53.7. The van der Waals surface area contributed by atoms with E-state index in [2.05, 4.69) is 47.6 Å². The summed E-state index contributed by atoms with van der Waals surface area (Å²) in [5.41, 5.74) is 7.57. The van der Waals surface area contributed by atoms with Crippen LogP contribution in [0.2, 0.25) is 0 Å². The van der Waals surface area contributed by atoms with Crippen LogP contribution in [0.15, 0.2) is 123 Å². The van der Waals surface area contributed by atoms with Crippen molar-refractivity contribution in [1.82, 2.24) is 21.3 Å². The Bertz CT molecular complexity index is 2430. The van der Waals surface area contributed by atoms with E-state index in [9.17, 15) is 19.2 Å². The first-order chi connectivity index (χ1) is 34.1. The molecule has 4 amide bonds. The summed E-state index contributed by atoms with van der Waals surface area (Å²) in [6.07, 6.45) is -4.46. The highest BCUT2D eigenvalue weighted by atomic mass is 16.6. The third-order valence-corrected chi connectivity index (χ3v) is 12.5. The normalized spacial score (nSPS) is 12.5. The average Bonchev–Trinajstić information content (AvgIpc) is 3.31. The molecule has 73 heavy (non-hydrogen) atoms. The minimum atomic E-state index is -0.898. The van der Waals surface area contributed by atoms with Gasteiger partial charge in [0.25, 0.3) is 0 Å². The fourth-order valence-electron chi connectivity index (χ4n) is 7.70. The first-order valence-electron chi connectivity index (χ1n) is 24.6. The molecular formula is C60H78N4O9. The molecule has 392 valence electrons. The minimum Gasteiger partial charge on any atom is -0.449 e. The predicted molar refractivity (Wildman–Crippen MR) is 293 cm³/mol. The predicted octanol–water partition coefficient (Wildman–Crippen LogP) is 13.3. The van der Waals surface area contributed by atoms with E-state index in [1.165, 1.54) is 0 Å². The van der Waals surface area contributed by atoms with Crippen molar-refractivity contribution in [2.24, 2.45) is 0 Å². The van der Waals surface area contributed by atoms with Crippen molar-refractivity contribution in [1.29, 1.82) is 0 Å². The molecule has 0 saturated heterocycles. The molecule has 0 bridgehead atoms. The molecule has 4 aromatic carbocycles. The summed E-state index contributed by atoms with van der Waals surface area (Å²) in [5.74, 6) is 0. The summed E-state index contributed by atoms with van der Waals surface area (Å²) in [7, 11) is 0. The highest BCUT2D eigenvalue weighted by molar-refractivity contribution is 5.71. The number of hydrogen-bond acceptors (Lipinski definition) is 9. The number of benzene rings is 4. The van der Waals surface area contributed by atoms with Gasteiger partial charge < -0.3 is 45.0 Å². The molecule has 0 heterocycles. The van der Waals surface area contributed by atoms with Gasteiger partial charge in [-0.25, -0.2) is 19.2 Å². The molecule has 2 unspecified atom stereocenters. The van der Waals surface area contributed by atoms with Crippen molar-refractivity contribution in [3.63, 3.8) is 0 Å². The molecule has 0 fully saturated rings. The Morgan fingerprint density at radius 1 is 0.411 bits per heavy atom. The summed E-state index contributed by atoms with van der Waals surface area (Å²) in [6.45, 7) is 37.8. The number of carbonyl (C=O) groups is 4. The number of carbonyl (C=O) groups excluding carboxylic acids is 4. The van der Waals surface area contributed by atoms with E-state index >= 15 is 0 Å². The summed E-state index contributed by atoms with van der Waals surface area (Å²) < 4.78 is 29.6. The largest absolute Gasteiger partial charge is 0.449 e. The van der Waals surface area contributed by atoms with E-state index in [0.717, 1.165) is 66.8 Å². The zero-order chi connectivity index (χ0) is 54.3. The molecule has 0 aliphatic heterocycles. The quantitative estimate of drug-likeness (QED) is 0.0501. The second kappa shape index (κ2) is 25.5. The Morgan fingerprint density at radius 2 is 0.699 bits per heavy atom. The Labute approximate surface area is 433 Å².